The molecule has 2 aromatic heterocycles. The van der Waals surface area contributed by atoms with Crippen molar-refractivity contribution in [3.05, 3.63) is 71.4 Å². The van der Waals surface area contributed by atoms with Crippen molar-refractivity contribution in [1.82, 2.24) is 14.6 Å². The van der Waals surface area contributed by atoms with Gasteiger partial charge in [0.2, 0.25) is 0 Å². The maximum Gasteiger partial charge on any atom is 0.416 e. The molecule has 5 N–H and O–H groups in total. The maximum atomic E-state index is 13.9. The number of nitrogens with zero attached hydrogens (tertiary/aromatic N) is 3. The van der Waals surface area contributed by atoms with E-state index in [0.29, 0.717) is 46.1 Å². The molecular formula is C23H20F4N6O3. The number of nitrogen functional groups attached to an aromatic ring is 1. The first-order chi connectivity index (χ1) is 17.1. The second-order valence-corrected chi connectivity index (χ2v) is 7.68. The number of carbonyl (C=O) groups is 1. The Morgan fingerprint density at radius 2 is 1.89 bits per heavy atom. The quantitative estimate of drug-likeness (QED) is 0.288. The number of hydrogen-bond acceptors (Lipinski definition) is 6. The van der Waals surface area contributed by atoms with Gasteiger partial charge in [-0.15, -0.1) is 10.2 Å². The van der Waals surface area contributed by atoms with Crippen LogP contribution in [0.3, 0.4) is 0 Å². The fraction of sp³-hybridized carbons (Fsp3) is 0.174. The number of alkyl halides is 3. The summed E-state index contributed by atoms with van der Waals surface area (Å²) in [4.78, 5) is 12.3. The van der Waals surface area contributed by atoms with E-state index in [1.165, 1.54) is 13.4 Å². The van der Waals surface area contributed by atoms with E-state index in [9.17, 15) is 27.5 Å². The minimum atomic E-state index is -4.69. The molecule has 0 saturated heterocycles. The number of aromatic nitrogens is 3. The number of nitrogens with one attached hydrogen (secondary N) is 2. The summed E-state index contributed by atoms with van der Waals surface area (Å²) in [5.41, 5.74) is 7.65. The number of aliphatic hydroxyl groups excluding tert-OH is 1. The summed E-state index contributed by atoms with van der Waals surface area (Å²) in [5, 5.41) is 22.2. The van der Waals surface area contributed by atoms with Crippen LogP contribution in [0.15, 0.2) is 48.8 Å². The lowest BCUT2D eigenvalue weighted by atomic mass is 10.0. The summed E-state index contributed by atoms with van der Waals surface area (Å²) in [7, 11) is 1.51. The van der Waals surface area contributed by atoms with Crippen molar-refractivity contribution >= 4 is 28.7 Å². The number of halogens is 4. The second kappa shape index (κ2) is 9.79. The van der Waals surface area contributed by atoms with Gasteiger partial charge in [0, 0.05) is 23.9 Å². The van der Waals surface area contributed by atoms with Crippen LogP contribution in [-0.2, 0) is 24.1 Å². The van der Waals surface area contributed by atoms with Crippen molar-refractivity contribution in [2.45, 2.75) is 19.4 Å². The van der Waals surface area contributed by atoms with E-state index in [2.05, 4.69) is 20.8 Å². The topological polar surface area (TPSA) is 127 Å². The van der Waals surface area contributed by atoms with Gasteiger partial charge >= 0.3 is 12.2 Å². The maximum absolute atomic E-state index is 13.9. The third-order valence-corrected chi connectivity index (χ3v) is 5.41. The number of carbonyl (C=O) groups excluding carboxylic acids is 1. The molecule has 2 amide bonds. The third-order valence-electron chi connectivity index (χ3n) is 5.41. The number of urea groups is 1. The SMILES string of the molecule is COCc1c(-c2ccc(NC(=O)Nc3cc(C(F)(F)F)ccc3F)cc2)c2c(N)nncn2c1CO. The second-order valence-electron chi connectivity index (χ2n) is 7.68. The minimum absolute atomic E-state index is 0.134. The lowest BCUT2D eigenvalue weighted by molar-refractivity contribution is -0.137. The number of aliphatic hydroxyl groups is 1. The molecule has 0 atom stereocenters. The Morgan fingerprint density at radius 1 is 1.17 bits per heavy atom. The first-order valence-electron chi connectivity index (χ1n) is 10.4. The molecule has 9 nitrogen and oxygen atoms in total. The van der Waals surface area contributed by atoms with Crippen LogP contribution in [0, 0.1) is 5.82 Å². The van der Waals surface area contributed by atoms with Gasteiger partial charge in [0.05, 0.1) is 35.7 Å². The van der Waals surface area contributed by atoms with Gasteiger partial charge in [-0.1, -0.05) is 12.1 Å². The first kappa shape index (κ1) is 24.9. The Labute approximate surface area is 201 Å². The van der Waals surface area contributed by atoms with Gasteiger partial charge in [-0.2, -0.15) is 13.2 Å². The Hall–Kier alpha value is -4.23. The standard InChI is InChI=1S/C23H20F4N6O3/c1-36-10-15-18(9-34)33-11-29-32-21(28)20(33)19(15)12-2-5-14(6-3-12)30-22(35)31-17-8-13(23(25,26)27)4-7-16(17)24/h2-8,11,34H,9-10H2,1H3,(H2,28,32)(H2,30,31,35). The summed E-state index contributed by atoms with van der Waals surface area (Å²) in [6, 6.07) is 7.20. The molecule has 2 heterocycles. The van der Waals surface area contributed by atoms with E-state index in [4.69, 9.17) is 10.5 Å². The normalized spacial score (nSPS) is 11.6. The summed E-state index contributed by atoms with van der Waals surface area (Å²) in [6.45, 7) is -0.145. The van der Waals surface area contributed by atoms with E-state index >= 15 is 0 Å². The zero-order valence-electron chi connectivity index (χ0n) is 18.7. The number of methoxy groups -OCH3 is 1. The van der Waals surface area contributed by atoms with Crippen LogP contribution in [-0.4, -0.2) is 32.8 Å². The number of anilines is 3. The molecule has 0 aliphatic carbocycles. The van der Waals surface area contributed by atoms with Crippen LogP contribution in [0.4, 0.5) is 39.5 Å². The molecule has 0 aliphatic rings. The largest absolute Gasteiger partial charge is 0.416 e. The van der Waals surface area contributed by atoms with Crippen molar-refractivity contribution in [2.24, 2.45) is 0 Å². The monoisotopic (exact) mass is 504 g/mol. The van der Waals surface area contributed by atoms with Gasteiger partial charge in [0.25, 0.3) is 0 Å². The van der Waals surface area contributed by atoms with Crippen molar-refractivity contribution in [1.29, 1.82) is 0 Å². The number of amides is 2. The zero-order chi connectivity index (χ0) is 26.0. The first-order valence-corrected chi connectivity index (χ1v) is 10.4. The lowest BCUT2D eigenvalue weighted by Gasteiger charge is -2.12. The molecule has 0 saturated carbocycles. The summed E-state index contributed by atoms with van der Waals surface area (Å²) >= 11 is 0. The summed E-state index contributed by atoms with van der Waals surface area (Å²) in [5.74, 6) is -0.880. The number of benzene rings is 2. The van der Waals surface area contributed by atoms with Crippen LogP contribution in [0.1, 0.15) is 16.8 Å². The number of hydrogen-bond donors (Lipinski definition) is 4. The van der Waals surface area contributed by atoms with Crippen LogP contribution in [0.5, 0.6) is 0 Å². The van der Waals surface area contributed by atoms with E-state index in [0.717, 1.165) is 0 Å². The third kappa shape index (κ3) is 4.78. The Morgan fingerprint density at radius 3 is 2.53 bits per heavy atom. The molecule has 0 unspecified atom stereocenters. The molecule has 4 aromatic rings. The van der Waals surface area contributed by atoms with Gasteiger partial charge < -0.3 is 26.2 Å². The fourth-order valence-corrected chi connectivity index (χ4v) is 3.84. The predicted octanol–water partition coefficient (Wildman–Crippen LogP) is 4.42. The highest BCUT2D eigenvalue weighted by atomic mass is 19.4. The van der Waals surface area contributed by atoms with Gasteiger partial charge in [-0.05, 0) is 35.9 Å². The molecule has 0 fully saturated rings. The van der Waals surface area contributed by atoms with Gasteiger partial charge in [0.1, 0.15) is 12.1 Å². The average molecular weight is 504 g/mol. The van der Waals surface area contributed by atoms with Crippen LogP contribution in [0.2, 0.25) is 0 Å². The molecule has 2 aromatic carbocycles. The van der Waals surface area contributed by atoms with E-state index in [1.807, 2.05) is 0 Å². The van der Waals surface area contributed by atoms with Crippen molar-refractivity contribution in [2.75, 3.05) is 23.5 Å². The molecule has 36 heavy (non-hydrogen) atoms. The predicted molar refractivity (Wildman–Crippen MR) is 124 cm³/mol. The Kier molecular flexibility index (Phi) is 6.77. The number of rotatable bonds is 6. The molecule has 0 bridgehead atoms. The van der Waals surface area contributed by atoms with E-state index in [-0.39, 0.29) is 24.7 Å². The van der Waals surface area contributed by atoms with Crippen molar-refractivity contribution < 1.29 is 32.2 Å². The fourth-order valence-electron chi connectivity index (χ4n) is 3.84. The molecule has 0 spiro atoms. The lowest BCUT2D eigenvalue weighted by Crippen LogP contribution is -2.20. The van der Waals surface area contributed by atoms with E-state index in [1.54, 1.807) is 28.7 Å². The number of ether oxygens (including phenoxy) is 1. The summed E-state index contributed by atoms with van der Waals surface area (Å²) < 4.78 is 59.5. The molecule has 0 radical (unpaired) electrons. The summed E-state index contributed by atoms with van der Waals surface area (Å²) in [6.07, 6.45) is -3.26. The average Bonchev–Trinajstić information content (AvgIpc) is 3.15. The number of fused-ring (bicyclic) bond motifs is 1. The molecular weight excluding hydrogens is 484 g/mol. The van der Waals surface area contributed by atoms with Crippen LogP contribution >= 0.6 is 0 Å². The highest BCUT2D eigenvalue weighted by molar-refractivity contribution is 6.00. The smallest absolute Gasteiger partial charge is 0.390 e. The zero-order valence-corrected chi connectivity index (χ0v) is 18.7. The van der Waals surface area contributed by atoms with Gasteiger partial charge in [-0.25, -0.2) is 9.18 Å². The van der Waals surface area contributed by atoms with Crippen molar-refractivity contribution in [3.63, 3.8) is 0 Å². The van der Waals surface area contributed by atoms with E-state index < -0.39 is 29.3 Å². The van der Waals surface area contributed by atoms with Crippen LogP contribution in [0.25, 0.3) is 16.6 Å². The number of nitrogens with two attached hydrogens (primary N) is 1. The van der Waals surface area contributed by atoms with Gasteiger partial charge in [0.15, 0.2) is 5.82 Å². The highest BCUT2D eigenvalue weighted by Crippen LogP contribution is 2.36. The van der Waals surface area contributed by atoms with Gasteiger partial charge in [-0.3, -0.25) is 4.40 Å². The van der Waals surface area contributed by atoms with Crippen molar-refractivity contribution in [3.8, 4) is 11.1 Å². The minimum Gasteiger partial charge on any atom is -0.390 e. The Balaban J connectivity index is 1.61. The molecule has 0 aliphatic heterocycles. The molecule has 4 rings (SSSR count). The Bertz CT molecular complexity index is 1420. The molecule has 13 heteroatoms. The highest BCUT2D eigenvalue weighted by Gasteiger charge is 2.31. The van der Waals surface area contributed by atoms with Crippen LogP contribution < -0.4 is 16.4 Å². The molecule has 188 valence electrons.